The van der Waals surface area contributed by atoms with Crippen molar-refractivity contribution in [2.24, 2.45) is 0 Å². The fraction of sp³-hybridized carbons (Fsp3) is 0.333. The summed E-state index contributed by atoms with van der Waals surface area (Å²) in [6.07, 6.45) is 2.10. The summed E-state index contributed by atoms with van der Waals surface area (Å²) >= 11 is 13.8. The zero-order valence-electron chi connectivity index (χ0n) is 10.8. The lowest BCUT2D eigenvalue weighted by Crippen LogP contribution is -2.23. The van der Waals surface area contributed by atoms with Gasteiger partial charge in [-0.3, -0.25) is 0 Å². The van der Waals surface area contributed by atoms with Crippen LogP contribution in [-0.4, -0.2) is 6.54 Å². The minimum atomic E-state index is 0.328. The summed E-state index contributed by atoms with van der Waals surface area (Å²) < 4.78 is 0. The SMILES string of the molecule is CCC(NCCc1cccs1)c1ccc(Cl)c(Cl)c1. The Morgan fingerprint density at radius 3 is 2.68 bits per heavy atom. The first-order chi connectivity index (χ1) is 9.20. The maximum absolute atomic E-state index is 6.07. The molecule has 1 unspecified atom stereocenters. The standard InChI is InChI=1S/C15H17Cl2NS/c1-2-15(11-5-6-13(16)14(17)10-11)18-8-7-12-4-3-9-19-12/h3-6,9-10,15,18H,2,7-8H2,1H3. The van der Waals surface area contributed by atoms with Gasteiger partial charge in [-0.05, 0) is 42.0 Å². The molecule has 1 nitrogen and oxygen atoms in total. The van der Waals surface area contributed by atoms with Gasteiger partial charge in [0.1, 0.15) is 0 Å². The van der Waals surface area contributed by atoms with Gasteiger partial charge in [-0.25, -0.2) is 0 Å². The predicted molar refractivity (Wildman–Crippen MR) is 85.5 cm³/mol. The molecule has 1 heterocycles. The molecule has 1 N–H and O–H groups in total. The molecule has 1 aromatic heterocycles. The molecule has 0 aliphatic carbocycles. The third-order valence-electron chi connectivity index (χ3n) is 3.10. The smallest absolute Gasteiger partial charge is 0.0595 e. The molecular formula is C15H17Cl2NS. The first-order valence-electron chi connectivity index (χ1n) is 6.41. The van der Waals surface area contributed by atoms with Gasteiger partial charge in [0.2, 0.25) is 0 Å². The summed E-state index contributed by atoms with van der Waals surface area (Å²) in [5.74, 6) is 0. The van der Waals surface area contributed by atoms with E-state index in [9.17, 15) is 0 Å². The van der Waals surface area contributed by atoms with E-state index in [1.807, 2.05) is 18.2 Å². The van der Waals surface area contributed by atoms with Gasteiger partial charge in [-0.1, -0.05) is 42.3 Å². The van der Waals surface area contributed by atoms with Crippen LogP contribution < -0.4 is 5.32 Å². The van der Waals surface area contributed by atoms with E-state index in [0.717, 1.165) is 19.4 Å². The highest BCUT2D eigenvalue weighted by atomic mass is 35.5. The van der Waals surface area contributed by atoms with E-state index < -0.39 is 0 Å². The maximum atomic E-state index is 6.07. The highest BCUT2D eigenvalue weighted by Gasteiger charge is 2.10. The van der Waals surface area contributed by atoms with Gasteiger partial charge < -0.3 is 5.32 Å². The fourth-order valence-electron chi connectivity index (χ4n) is 2.05. The molecule has 0 bridgehead atoms. The molecule has 0 saturated heterocycles. The normalized spacial score (nSPS) is 12.6. The fourth-order valence-corrected chi connectivity index (χ4v) is 3.07. The topological polar surface area (TPSA) is 12.0 Å². The van der Waals surface area contributed by atoms with Crippen LogP contribution in [0.5, 0.6) is 0 Å². The molecule has 1 aromatic carbocycles. The molecule has 4 heteroatoms. The summed E-state index contributed by atoms with van der Waals surface area (Å²) in [5, 5.41) is 6.93. The van der Waals surface area contributed by atoms with Crippen LogP contribution in [0.15, 0.2) is 35.7 Å². The Morgan fingerprint density at radius 1 is 1.21 bits per heavy atom. The van der Waals surface area contributed by atoms with E-state index in [2.05, 4.69) is 29.8 Å². The van der Waals surface area contributed by atoms with Crippen molar-refractivity contribution in [2.45, 2.75) is 25.8 Å². The van der Waals surface area contributed by atoms with E-state index in [-0.39, 0.29) is 0 Å². The van der Waals surface area contributed by atoms with E-state index in [1.165, 1.54) is 10.4 Å². The average molecular weight is 314 g/mol. The Hall–Kier alpha value is -0.540. The molecule has 0 saturated carbocycles. The van der Waals surface area contributed by atoms with Crippen molar-refractivity contribution in [2.75, 3.05) is 6.54 Å². The molecule has 102 valence electrons. The summed E-state index contributed by atoms with van der Waals surface area (Å²) in [7, 11) is 0. The molecule has 2 rings (SSSR count). The summed E-state index contributed by atoms with van der Waals surface area (Å²) in [4.78, 5) is 1.41. The van der Waals surface area contributed by atoms with Gasteiger partial charge >= 0.3 is 0 Å². The van der Waals surface area contributed by atoms with Crippen LogP contribution in [0, 0.1) is 0 Å². The number of rotatable bonds is 6. The highest BCUT2D eigenvalue weighted by Crippen LogP contribution is 2.26. The van der Waals surface area contributed by atoms with Crippen molar-refractivity contribution >= 4 is 34.5 Å². The van der Waals surface area contributed by atoms with Crippen molar-refractivity contribution < 1.29 is 0 Å². The van der Waals surface area contributed by atoms with E-state index in [0.29, 0.717) is 16.1 Å². The monoisotopic (exact) mass is 313 g/mol. The second kappa shape index (κ2) is 7.30. The number of benzene rings is 1. The molecule has 0 aliphatic heterocycles. The zero-order valence-corrected chi connectivity index (χ0v) is 13.2. The van der Waals surface area contributed by atoms with Crippen molar-refractivity contribution in [3.63, 3.8) is 0 Å². The molecule has 0 spiro atoms. The average Bonchev–Trinajstić information content (AvgIpc) is 2.91. The Morgan fingerprint density at radius 2 is 2.05 bits per heavy atom. The minimum absolute atomic E-state index is 0.328. The van der Waals surface area contributed by atoms with E-state index in [1.54, 1.807) is 11.3 Å². The number of halogens is 2. The lowest BCUT2D eigenvalue weighted by molar-refractivity contribution is 0.524. The first kappa shape index (κ1) is 14.9. The third kappa shape index (κ3) is 4.22. The van der Waals surface area contributed by atoms with Gasteiger partial charge in [0, 0.05) is 17.5 Å². The molecule has 0 aliphatic rings. The lowest BCUT2D eigenvalue weighted by atomic mass is 10.0. The predicted octanol–water partition coefficient (Wildman–Crippen LogP) is 5.34. The Bertz CT molecular complexity index is 511. The van der Waals surface area contributed by atoms with Gasteiger partial charge in [0.05, 0.1) is 10.0 Å². The molecule has 0 fully saturated rings. The molecule has 0 amide bonds. The molecule has 0 radical (unpaired) electrons. The van der Waals surface area contributed by atoms with Crippen LogP contribution >= 0.6 is 34.5 Å². The molecular weight excluding hydrogens is 297 g/mol. The van der Waals surface area contributed by atoms with Gasteiger partial charge in [-0.2, -0.15) is 0 Å². The van der Waals surface area contributed by atoms with Crippen molar-refractivity contribution in [1.29, 1.82) is 0 Å². The summed E-state index contributed by atoms with van der Waals surface area (Å²) in [5.41, 5.74) is 1.20. The molecule has 19 heavy (non-hydrogen) atoms. The second-order valence-electron chi connectivity index (χ2n) is 4.42. The van der Waals surface area contributed by atoms with Crippen LogP contribution in [-0.2, 0) is 6.42 Å². The minimum Gasteiger partial charge on any atom is -0.310 e. The molecule has 1 atom stereocenters. The number of hydrogen-bond acceptors (Lipinski definition) is 2. The van der Waals surface area contributed by atoms with Gasteiger partial charge in [0.15, 0.2) is 0 Å². The quantitative estimate of drug-likeness (QED) is 0.759. The first-order valence-corrected chi connectivity index (χ1v) is 8.05. The highest BCUT2D eigenvalue weighted by molar-refractivity contribution is 7.09. The lowest BCUT2D eigenvalue weighted by Gasteiger charge is -2.17. The van der Waals surface area contributed by atoms with Gasteiger partial charge in [0.25, 0.3) is 0 Å². The van der Waals surface area contributed by atoms with Crippen LogP contribution in [0.4, 0.5) is 0 Å². The number of nitrogens with one attached hydrogen (secondary N) is 1. The van der Waals surface area contributed by atoms with Crippen molar-refractivity contribution in [3.05, 3.63) is 56.2 Å². The Kier molecular flexibility index (Phi) is 5.71. The van der Waals surface area contributed by atoms with Crippen LogP contribution in [0.2, 0.25) is 10.0 Å². The largest absolute Gasteiger partial charge is 0.310 e. The van der Waals surface area contributed by atoms with E-state index >= 15 is 0 Å². The van der Waals surface area contributed by atoms with Crippen LogP contribution in [0.3, 0.4) is 0 Å². The third-order valence-corrected chi connectivity index (χ3v) is 4.77. The number of hydrogen-bond donors (Lipinski definition) is 1. The summed E-state index contributed by atoms with van der Waals surface area (Å²) in [6, 6.07) is 10.5. The summed E-state index contributed by atoms with van der Waals surface area (Å²) in [6.45, 7) is 3.14. The van der Waals surface area contributed by atoms with Crippen LogP contribution in [0.1, 0.15) is 29.8 Å². The zero-order chi connectivity index (χ0) is 13.7. The number of thiophene rings is 1. The Labute approximate surface area is 128 Å². The van der Waals surface area contributed by atoms with Crippen molar-refractivity contribution in [3.8, 4) is 0 Å². The Balaban J connectivity index is 1.93. The van der Waals surface area contributed by atoms with Crippen molar-refractivity contribution in [1.82, 2.24) is 5.32 Å². The van der Waals surface area contributed by atoms with E-state index in [4.69, 9.17) is 23.2 Å². The molecule has 2 aromatic rings. The van der Waals surface area contributed by atoms with Gasteiger partial charge in [-0.15, -0.1) is 11.3 Å². The second-order valence-corrected chi connectivity index (χ2v) is 6.26. The van der Waals surface area contributed by atoms with Crippen LogP contribution in [0.25, 0.3) is 0 Å². The maximum Gasteiger partial charge on any atom is 0.0595 e.